The molecule has 0 radical (unpaired) electrons. The van der Waals surface area contributed by atoms with Crippen molar-refractivity contribution in [2.24, 2.45) is 0 Å². The summed E-state index contributed by atoms with van der Waals surface area (Å²) in [6, 6.07) is 5.77. The molecule has 0 aliphatic rings. The Balaban J connectivity index is 1.82. The lowest BCUT2D eigenvalue weighted by Gasteiger charge is -2.18. The molecule has 0 saturated carbocycles. The SMILES string of the molecule is Cc1nc(-c2ccsc2)ccc1C(=O)N(C)Cc1c(C)noc1C. The van der Waals surface area contributed by atoms with Gasteiger partial charge in [0.2, 0.25) is 0 Å². The average Bonchev–Trinajstić information content (AvgIpc) is 3.20. The van der Waals surface area contributed by atoms with Crippen LogP contribution in [0.25, 0.3) is 11.3 Å². The van der Waals surface area contributed by atoms with Gasteiger partial charge < -0.3 is 9.42 Å². The van der Waals surface area contributed by atoms with Crippen molar-refractivity contribution in [2.45, 2.75) is 27.3 Å². The fourth-order valence-electron chi connectivity index (χ4n) is 2.60. The number of carbonyl (C=O) groups is 1. The van der Waals surface area contributed by atoms with E-state index in [0.29, 0.717) is 12.1 Å². The Labute approximate surface area is 144 Å². The molecule has 3 rings (SSSR count). The molecule has 5 nitrogen and oxygen atoms in total. The van der Waals surface area contributed by atoms with Gasteiger partial charge in [0.1, 0.15) is 5.76 Å². The molecule has 0 unspecified atom stereocenters. The second kappa shape index (κ2) is 6.57. The van der Waals surface area contributed by atoms with Gasteiger partial charge in [0, 0.05) is 23.6 Å². The zero-order valence-electron chi connectivity index (χ0n) is 14.2. The number of pyridine rings is 1. The maximum absolute atomic E-state index is 12.7. The number of aryl methyl sites for hydroxylation is 3. The molecule has 0 bridgehead atoms. The van der Waals surface area contributed by atoms with E-state index in [1.165, 1.54) is 0 Å². The first-order valence-electron chi connectivity index (χ1n) is 7.65. The minimum absolute atomic E-state index is 0.0585. The number of carbonyl (C=O) groups excluding carboxylic acids is 1. The minimum atomic E-state index is -0.0585. The molecule has 1 amide bonds. The van der Waals surface area contributed by atoms with Crippen LogP contribution in [0.15, 0.2) is 33.5 Å². The Bertz CT molecular complexity index is 849. The Morgan fingerprint density at radius 3 is 2.58 bits per heavy atom. The van der Waals surface area contributed by atoms with Crippen molar-refractivity contribution >= 4 is 17.2 Å². The third-order valence-corrected chi connectivity index (χ3v) is 4.74. The number of aromatic nitrogens is 2. The standard InChI is InChI=1S/C18H19N3O2S/c1-11-15(5-6-17(19-11)14-7-8-24-10-14)18(22)21(4)9-16-12(2)20-23-13(16)3/h5-8,10H,9H2,1-4H3. The molecule has 6 heteroatoms. The van der Waals surface area contributed by atoms with Gasteiger partial charge in [-0.2, -0.15) is 11.3 Å². The number of rotatable bonds is 4. The average molecular weight is 341 g/mol. The summed E-state index contributed by atoms with van der Waals surface area (Å²) in [5.41, 5.74) is 5.07. The van der Waals surface area contributed by atoms with Gasteiger partial charge in [0.15, 0.2) is 0 Å². The molecule has 0 spiro atoms. The van der Waals surface area contributed by atoms with Crippen LogP contribution in [0.5, 0.6) is 0 Å². The van der Waals surface area contributed by atoms with Gasteiger partial charge in [-0.05, 0) is 44.4 Å². The van der Waals surface area contributed by atoms with Crippen LogP contribution in [0.3, 0.4) is 0 Å². The molecular formula is C18H19N3O2S. The van der Waals surface area contributed by atoms with Gasteiger partial charge >= 0.3 is 0 Å². The van der Waals surface area contributed by atoms with Crippen molar-refractivity contribution in [3.05, 3.63) is 57.2 Å². The van der Waals surface area contributed by atoms with E-state index in [9.17, 15) is 4.79 Å². The van der Waals surface area contributed by atoms with Crippen LogP contribution in [-0.4, -0.2) is 28.0 Å². The van der Waals surface area contributed by atoms with Crippen molar-refractivity contribution < 1.29 is 9.32 Å². The van der Waals surface area contributed by atoms with E-state index in [-0.39, 0.29) is 5.91 Å². The molecule has 3 aromatic heterocycles. The van der Waals surface area contributed by atoms with Crippen molar-refractivity contribution in [2.75, 3.05) is 7.05 Å². The largest absolute Gasteiger partial charge is 0.361 e. The van der Waals surface area contributed by atoms with Crippen LogP contribution in [0.4, 0.5) is 0 Å². The summed E-state index contributed by atoms with van der Waals surface area (Å²) in [6.45, 7) is 6.07. The van der Waals surface area contributed by atoms with Gasteiger partial charge in [0.25, 0.3) is 5.91 Å². The van der Waals surface area contributed by atoms with E-state index >= 15 is 0 Å². The molecule has 0 atom stereocenters. The summed E-state index contributed by atoms with van der Waals surface area (Å²) in [4.78, 5) is 19.0. The summed E-state index contributed by atoms with van der Waals surface area (Å²) in [6.07, 6.45) is 0. The zero-order valence-corrected chi connectivity index (χ0v) is 15.0. The molecule has 0 aromatic carbocycles. The summed E-state index contributed by atoms with van der Waals surface area (Å²) in [5, 5.41) is 8.00. The molecule has 24 heavy (non-hydrogen) atoms. The number of thiophene rings is 1. The summed E-state index contributed by atoms with van der Waals surface area (Å²) < 4.78 is 5.16. The highest BCUT2D eigenvalue weighted by molar-refractivity contribution is 7.08. The lowest BCUT2D eigenvalue weighted by molar-refractivity contribution is 0.0783. The second-order valence-electron chi connectivity index (χ2n) is 5.81. The van der Waals surface area contributed by atoms with E-state index in [0.717, 1.165) is 34.0 Å². The Morgan fingerprint density at radius 1 is 1.21 bits per heavy atom. The minimum Gasteiger partial charge on any atom is -0.361 e. The monoisotopic (exact) mass is 341 g/mol. The summed E-state index contributed by atoms with van der Waals surface area (Å²) in [7, 11) is 1.78. The van der Waals surface area contributed by atoms with E-state index in [2.05, 4.69) is 10.1 Å². The van der Waals surface area contributed by atoms with Gasteiger partial charge in [-0.3, -0.25) is 9.78 Å². The molecule has 0 saturated heterocycles. The third kappa shape index (κ3) is 3.10. The predicted octanol–water partition coefficient (Wildman–Crippen LogP) is 4.00. The number of amides is 1. The highest BCUT2D eigenvalue weighted by Crippen LogP contribution is 2.22. The maximum Gasteiger partial charge on any atom is 0.255 e. The summed E-state index contributed by atoms with van der Waals surface area (Å²) >= 11 is 1.63. The molecule has 3 aromatic rings. The van der Waals surface area contributed by atoms with E-state index in [1.54, 1.807) is 23.3 Å². The van der Waals surface area contributed by atoms with Crippen LogP contribution in [0.2, 0.25) is 0 Å². The van der Waals surface area contributed by atoms with Crippen LogP contribution in [0.1, 0.15) is 33.1 Å². The molecular weight excluding hydrogens is 322 g/mol. The first-order valence-corrected chi connectivity index (χ1v) is 8.59. The van der Waals surface area contributed by atoms with Crippen molar-refractivity contribution in [3.63, 3.8) is 0 Å². The van der Waals surface area contributed by atoms with Crippen LogP contribution >= 0.6 is 11.3 Å². The second-order valence-corrected chi connectivity index (χ2v) is 6.59. The van der Waals surface area contributed by atoms with E-state index in [1.807, 2.05) is 49.7 Å². The zero-order chi connectivity index (χ0) is 17.3. The number of nitrogens with zero attached hydrogens (tertiary/aromatic N) is 3. The normalized spacial score (nSPS) is 10.8. The van der Waals surface area contributed by atoms with E-state index in [4.69, 9.17) is 4.52 Å². The molecule has 0 N–H and O–H groups in total. The summed E-state index contributed by atoms with van der Waals surface area (Å²) in [5.74, 6) is 0.687. The van der Waals surface area contributed by atoms with Crippen LogP contribution in [-0.2, 0) is 6.54 Å². The molecule has 0 aliphatic carbocycles. The van der Waals surface area contributed by atoms with Gasteiger partial charge in [-0.1, -0.05) is 5.16 Å². The van der Waals surface area contributed by atoms with Gasteiger partial charge in [-0.25, -0.2) is 0 Å². The highest BCUT2D eigenvalue weighted by Gasteiger charge is 2.19. The fraction of sp³-hybridized carbons (Fsp3) is 0.278. The molecule has 0 fully saturated rings. The van der Waals surface area contributed by atoms with Crippen molar-refractivity contribution in [3.8, 4) is 11.3 Å². The quantitative estimate of drug-likeness (QED) is 0.720. The first kappa shape index (κ1) is 16.4. The van der Waals surface area contributed by atoms with Crippen LogP contribution in [0, 0.1) is 20.8 Å². The maximum atomic E-state index is 12.7. The lowest BCUT2D eigenvalue weighted by Crippen LogP contribution is -2.27. The predicted molar refractivity (Wildman–Crippen MR) is 94.1 cm³/mol. The molecule has 124 valence electrons. The van der Waals surface area contributed by atoms with E-state index < -0.39 is 0 Å². The van der Waals surface area contributed by atoms with Crippen molar-refractivity contribution in [1.29, 1.82) is 0 Å². The highest BCUT2D eigenvalue weighted by atomic mass is 32.1. The Hall–Kier alpha value is -2.47. The number of hydrogen-bond acceptors (Lipinski definition) is 5. The number of hydrogen-bond donors (Lipinski definition) is 0. The third-order valence-electron chi connectivity index (χ3n) is 4.06. The Morgan fingerprint density at radius 2 is 2.00 bits per heavy atom. The smallest absolute Gasteiger partial charge is 0.255 e. The van der Waals surface area contributed by atoms with Crippen molar-refractivity contribution in [1.82, 2.24) is 15.0 Å². The lowest BCUT2D eigenvalue weighted by atomic mass is 10.1. The fourth-order valence-corrected chi connectivity index (χ4v) is 3.25. The van der Waals surface area contributed by atoms with Crippen LogP contribution < -0.4 is 0 Å². The Kier molecular flexibility index (Phi) is 4.49. The first-order chi connectivity index (χ1) is 11.5. The topological polar surface area (TPSA) is 59.2 Å². The molecule has 0 aliphatic heterocycles. The van der Waals surface area contributed by atoms with Gasteiger partial charge in [-0.15, -0.1) is 0 Å². The van der Waals surface area contributed by atoms with Gasteiger partial charge in [0.05, 0.1) is 29.2 Å². The molecule has 3 heterocycles.